The molecule has 0 spiro atoms. The molecule has 1 aliphatic carbocycles. The van der Waals surface area contributed by atoms with Gasteiger partial charge in [0.2, 0.25) is 0 Å². The SMILES string of the molecule is NCc1cc(C(=O)CC2CCCc3ccccc32)ccn1. The fourth-order valence-electron chi connectivity index (χ4n) is 3.17. The van der Waals surface area contributed by atoms with Crippen LogP contribution in [-0.4, -0.2) is 10.8 Å². The zero-order valence-corrected chi connectivity index (χ0v) is 12.1. The molecule has 0 fully saturated rings. The van der Waals surface area contributed by atoms with Gasteiger partial charge in [-0.25, -0.2) is 0 Å². The third-order valence-corrected chi connectivity index (χ3v) is 4.27. The first-order valence-electron chi connectivity index (χ1n) is 7.54. The molecule has 3 heteroatoms. The molecule has 0 radical (unpaired) electrons. The summed E-state index contributed by atoms with van der Waals surface area (Å²) in [6.07, 6.45) is 5.64. The highest BCUT2D eigenvalue weighted by atomic mass is 16.1. The average molecular weight is 280 g/mol. The van der Waals surface area contributed by atoms with E-state index in [1.54, 1.807) is 12.3 Å². The first-order chi connectivity index (χ1) is 10.3. The van der Waals surface area contributed by atoms with Gasteiger partial charge in [0, 0.05) is 24.7 Å². The summed E-state index contributed by atoms with van der Waals surface area (Å²) in [6.45, 7) is 0.368. The number of pyridine rings is 1. The monoisotopic (exact) mass is 280 g/mol. The van der Waals surface area contributed by atoms with Crippen molar-refractivity contribution in [3.63, 3.8) is 0 Å². The van der Waals surface area contributed by atoms with Gasteiger partial charge in [0.15, 0.2) is 5.78 Å². The molecule has 3 nitrogen and oxygen atoms in total. The van der Waals surface area contributed by atoms with E-state index in [0.717, 1.165) is 24.1 Å². The second-order valence-corrected chi connectivity index (χ2v) is 5.66. The Balaban J connectivity index is 1.79. The molecule has 0 amide bonds. The Hall–Kier alpha value is -2.00. The minimum atomic E-state index is 0.189. The fraction of sp³-hybridized carbons (Fsp3) is 0.333. The molecule has 0 bridgehead atoms. The van der Waals surface area contributed by atoms with Crippen molar-refractivity contribution < 1.29 is 4.79 Å². The number of carbonyl (C=O) groups excluding carboxylic acids is 1. The van der Waals surface area contributed by atoms with Gasteiger partial charge in [-0.15, -0.1) is 0 Å². The van der Waals surface area contributed by atoms with E-state index in [1.807, 2.05) is 6.07 Å². The standard InChI is InChI=1S/C18H20N2O/c19-12-16-10-15(8-9-20-16)18(21)11-14-6-3-5-13-4-1-2-7-17(13)14/h1-2,4,7-10,14H,3,5-6,11-12,19H2. The maximum Gasteiger partial charge on any atom is 0.163 e. The highest BCUT2D eigenvalue weighted by Gasteiger charge is 2.22. The van der Waals surface area contributed by atoms with Crippen LogP contribution >= 0.6 is 0 Å². The fourth-order valence-corrected chi connectivity index (χ4v) is 3.17. The Labute approximate surface area is 125 Å². The Morgan fingerprint density at radius 1 is 1.29 bits per heavy atom. The number of aromatic nitrogens is 1. The van der Waals surface area contributed by atoms with Gasteiger partial charge in [0.1, 0.15) is 0 Å². The normalized spacial score (nSPS) is 17.3. The summed E-state index contributed by atoms with van der Waals surface area (Å²) in [5.41, 5.74) is 9.84. The lowest BCUT2D eigenvalue weighted by Crippen LogP contribution is -2.14. The number of carbonyl (C=O) groups is 1. The molecule has 108 valence electrons. The molecule has 1 unspecified atom stereocenters. The van der Waals surface area contributed by atoms with E-state index < -0.39 is 0 Å². The number of hydrogen-bond donors (Lipinski definition) is 1. The van der Waals surface area contributed by atoms with Crippen LogP contribution < -0.4 is 5.73 Å². The quantitative estimate of drug-likeness (QED) is 0.875. The van der Waals surface area contributed by atoms with Gasteiger partial charge in [-0.3, -0.25) is 9.78 Å². The highest BCUT2D eigenvalue weighted by molar-refractivity contribution is 5.96. The highest BCUT2D eigenvalue weighted by Crippen LogP contribution is 2.34. The van der Waals surface area contributed by atoms with E-state index in [1.165, 1.54) is 17.5 Å². The van der Waals surface area contributed by atoms with Gasteiger partial charge in [-0.1, -0.05) is 24.3 Å². The molecule has 0 saturated heterocycles. The van der Waals surface area contributed by atoms with Crippen LogP contribution in [0.4, 0.5) is 0 Å². The molecular weight excluding hydrogens is 260 g/mol. The van der Waals surface area contributed by atoms with Crippen molar-refractivity contribution in [2.75, 3.05) is 0 Å². The second-order valence-electron chi connectivity index (χ2n) is 5.66. The first-order valence-corrected chi connectivity index (χ1v) is 7.54. The van der Waals surface area contributed by atoms with E-state index >= 15 is 0 Å². The van der Waals surface area contributed by atoms with Crippen LogP contribution in [0.25, 0.3) is 0 Å². The van der Waals surface area contributed by atoms with Gasteiger partial charge in [0.25, 0.3) is 0 Å². The van der Waals surface area contributed by atoms with Crippen LogP contribution in [0.5, 0.6) is 0 Å². The molecule has 1 aromatic heterocycles. The van der Waals surface area contributed by atoms with Crippen LogP contribution in [-0.2, 0) is 13.0 Å². The van der Waals surface area contributed by atoms with Gasteiger partial charge < -0.3 is 5.73 Å². The number of rotatable bonds is 4. The van der Waals surface area contributed by atoms with Crippen molar-refractivity contribution in [1.29, 1.82) is 0 Å². The van der Waals surface area contributed by atoms with Crippen LogP contribution in [0.15, 0.2) is 42.6 Å². The molecule has 3 rings (SSSR count). The lowest BCUT2D eigenvalue weighted by Gasteiger charge is -2.25. The Bertz CT molecular complexity index is 651. The smallest absolute Gasteiger partial charge is 0.163 e. The molecule has 21 heavy (non-hydrogen) atoms. The predicted molar refractivity (Wildman–Crippen MR) is 83.2 cm³/mol. The zero-order valence-electron chi connectivity index (χ0n) is 12.1. The number of aryl methyl sites for hydroxylation is 1. The summed E-state index contributed by atoms with van der Waals surface area (Å²) >= 11 is 0. The first kappa shape index (κ1) is 14.0. The number of fused-ring (bicyclic) bond motifs is 1. The molecule has 1 heterocycles. The van der Waals surface area contributed by atoms with Crippen LogP contribution in [0.3, 0.4) is 0 Å². The summed E-state index contributed by atoms with van der Waals surface area (Å²) in [5, 5.41) is 0. The number of benzene rings is 1. The number of nitrogens with two attached hydrogens (primary N) is 1. The molecule has 1 aliphatic rings. The van der Waals surface area contributed by atoms with Crippen molar-refractivity contribution in [3.05, 3.63) is 65.0 Å². The molecule has 0 saturated carbocycles. The summed E-state index contributed by atoms with van der Waals surface area (Å²) in [5.74, 6) is 0.533. The summed E-state index contributed by atoms with van der Waals surface area (Å²) in [4.78, 5) is 16.7. The predicted octanol–water partition coefficient (Wildman–Crippen LogP) is 3.23. The number of ketones is 1. The number of hydrogen-bond acceptors (Lipinski definition) is 3. The molecule has 2 aromatic rings. The van der Waals surface area contributed by atoms with Crippen molar-refractivity contribution in [2.24, 2.45) is 5.73 Å². The van der Waals surface area contributed by atoms with Crippen molar-refractivity contribution in [2.45, 2.75) is 38.1 Å². The Morgan fingerprint density at radius 3 is 3.00 bits per heavy atom. The average Bonchev–Trinajstić information content (AvgIpc) is 2.55. The topological polar surface area (TPSA) is 56.0 Å². The van der Waals surface area contributed by atoms with Gasteiger partial charge in [0.05, 0.1) is 5.69 Å². The maximum atomic E-state index is 12.5. The van der Waals surface area contributed by atoms with Crippen LogP contribution in [0, 0.1) is 0 Å². The number of Topliss-reactive ketones (excluding diaryl/α,β-unsaturated/α-hetero) is 1. The minimum absolute atomic E-state index is 0.189. The van der Waals surface area contributed by atoms with Crippen LogP contribution in [0.2, 0.25) is 0 Å². The summed E-state index contributed by atoms with van der Waals surface area (Å²) < 4.78 is 0. The van der Waals surface area contributed by atoms with Gasteiger partial charge >= 0.3 is 0 Å². The Morgan fingerprint density at radius 2 is 2.14 bits per heavy atom. The van der Waals surface area contributed by atoms with Crippen LogP contribution in [0.1, 0.15) is 52.4 Å². The third kappa shape index (κ3) is 3.03. The van der Waals surface area contributed by atoms with Crippen molar-refractivity contribution in [1.82, 2.24) is 4.98 Å². The molecule has 1 atom stereocenters. The molecular formula is C18H20N2O. The van der Waals surface area contributed by atoms with Crippen molar-refractivity contribution in [3.8, 4) is 0 Å². The number of nitrogens with zero attached hydrogens (tertiary/aromatic N) is 1. The Kier molecular flexibility index (Phi) is 4.11. The van der Waals surface area contributed by atoms with E-state index in [-0.39, 0.29) is 5.78 Å². The second kappa shape index (κ2) is 6.19. The van der Waals surface area contributed by atoms with E-state index in [2.05, 4.69) is 29.2 Å². The zero-order chi connectivity index (χ0) is 14.7. The van der Waals surface area contributed by atoms with E-state index in [9.17, 15) is 4.79 Å². The van der Waals surface area contributed by atoms with Gasteiger partial charge in [-0.05, 0) is 48.4 Å². The molecule has 1 aromatic carbocycles. The molecule has 0 aliphatic heterocycles. The van der Waals surface area contributed by atoms with E-state index in [0.29, 0.717) is 18.9 Å². The molecule has 2 N–H and O–H groups in total. The summed E-state index contributed by atoms with van der Waals surface area (Å²) in [6, 6.07) is 12.1. The largest absolute Gasteiger partial charge is 0.325 e. The summed E-state index contributed by atoms with van der Waals surface area (Å²) in [7, 11) is 0. The lowest BCUT2D eigenvalue weighted by molar-refractivity contribution is 0.0971. The van der Waals surface area contributed by atoms with Gasteiger partial charge in [-0.2, -0.15) is 0 Å². The van der Waals surface area contributed by atoms with Crippen molar-refractivity contribution >= 4 is 5.78 Å². The van der Waals surface area contributed by atoms with E-state index in [4.69, 9.17) is 5.73 Å². The lowest BCUT2D eigenvalue weighted by atomic mass is 9.79. The minimum Gasteiger partial charge on any atom is -0.325 e. The maximum absolute atomic E-state index is 12.5. The third-order valence-electron chi connectivity index (χ3n) is 4.27.